The molecule has 2 bridgehead atoms. The zero-order valence-electron chi connectivity index (χ0n) is 13.4. The molecule has 0 N–H and O–H groups in total. The number of methoxy groups -OCH3 is 1. The molecule has 2 atom stereocenters. The predicted octanol–water partition coefficient (Wildman–Crippen LogP) is 1.12. The maximum absolute atomic E-state index is 13.0. The van der Waals surface area contributed by atoms with Gasteiger partial charge in [-0.25, -0.2) is 28.3 Å². The number of hydrogen-bond donors (Lipinski definition) is 0. The molecule has 0 radical (unpaired) electrons. The highest BCUT2D eigenvalue weighted by Gasteiger charge is 2.33. The first kappa shape index (κ1) is 15.2. The summed E-state index contributed by atoms with van der Waals surface area (Å²) in [6.45, 7) is 0. The minimum atomic E-state index is -0.696. The molecular formula is C18H15N3O4. The largest absolute Gasteiger partial charge is 0.466 e. The molecule has 7 nitrogen and oxygen atoms in total. The second-order valence-corrected chi connectivity index (χ2v) is 5.74. The van der Waals surface area contributed by atoms with Crippen molar-refractivity contribution in [2.45, 2.75) is 12.1 Å². The fourth-order valence-corrected chi connectivity index (χ4v) is 3.23. The van der Waals surface area contributed by atoms with Gasteiger partial charge in [0.05, 0.1) is 24.4 Å². The smallest absolute Gasteiger partial charge is 0.352 e. The van der Waals surface area contributed by atoms with Gasteiger partial charge >= 0.3 is 17.3 Å². The molecule has 2 unspecified atom stereocenters. The number of carbonyl (C=O) groups is 1. The number of aromatic nitrogens is 3. The number of hydrogen-bond acceptors (Lipinski definition) is 4. The van der Waals surface area contributed by atoms with Gasteiger partial charge in [-0.2, -0.15) is 0 Å². The summed E-state index contributed by atoms with van der Waals surface area (Å²) in [6, 6.07) is 7.63. The Morgan fingerprint density at radius 2 is 1.72 bits per heavy atom. The van der Waals surface area contributed by atoms with Gasteiger partial charge in [0, 0.05) is 0 Å². The van der Waals surface area contributed by atoms with Gasteiger partial charge in [-0.3, -0.25) is 0 Å². The van der Waals surface area contributed by atoms with E-state index in [-0.39, 0.29) is 5.57 Å². The fourth-order valence-electron chi connectivity index (χ4n) is 3.23. The van der Waals surface area contributed by atoms with Gasteiger partial charge in [-0.1, -0.05) is 42.5 Å². The molecule has 25 heavy (non-hydrogen) atoms. The Kier molecular flexibility index (Phi) is 3.42. The van der Waals surface area contributed by atoms with E-state index in [0.717, 1.165) is 4.57 Å². The third-order valence-corrected chi connectivity index (χ3v) is 4.38. The minimum absolute atomic E-state index is 0.286. The number of fused-ring (bicyclic) bond motifs is 1. The molecule has 0 fully saturated rings. The molecule has 3 heterocycles. The molecule has 2 aromatic rings. The lowest BCUT2D eigenvalue weighted by molar-refractivity contribution is -0.136. The van der Waals surface area contributed by atoms with E-state index in [0.29, 0.717) is 5.69 Å². The summed E-state index contributed by atoms with van der Waals surface area (Å²) in [7, 11) is 1.28. The Labute approximate surface area is 142 Å². The number of esters is 1. The second kappa shape index (κ2) is 5.62. The summed E-state index contributed by atoms with van der Waals surface area (Å²) in [6.07, 6.45) is 8.61. The number of rotatable bonds is 2. The van der Waals surface area contributed by atoms with E-state index in [9.17, 15) is 14.4 Å². The summed E-state index contributed by atoms with van der Waals surface area (Å²) in [5.41, 5.74) is -0.183. The van der Waals surface area contributed by atoms with Crippen molar-refractivity contribution in [1.82, 2.24) is 13.9 Å². The van der Waals surface area contributed by atoms with Crippen LogP contribution in [0.25, 0.3) is 5.69 Å². The number of nitrogens with zero attached hydrogens (tertiary/aromatic N) is 3. The number of benzene rings is 1. The summed E-state index contributed by atoms with van der Waals surface area (Å²) in [5.74, 6) is -0.544. The Hall–Kier alpha value is -3.35. The fraction of sp³-hybridized carbons (Fsp3) is 0.167. The maximum Gasteiger partial charge on any atom is 0.352 e. The van der Waals surface area contributed by atoms with Crippen molar-refractivity contribution in [2.75, 3.05) is 7.11 Å². The van der Waals surface area contributed by atoms with Crippen LogP contribution >= 0.6 is 0 Å². The lowest BCUT2D eigenvalue weighted by Gasteiger charge is -2.27. The predicted molar refractivity (Wildman–Crippen MR) is 90.7 cm³/mol. The Morgan fingerprint density at radius 3 is 2.44 bits per heavy atom. The van der Waals surface area contributed by atoms with Crippen molar-refractivity contribution in [3.05, 3.63) is 87.3 Å². The number of ether oxygens (including phenoxy) is 1. The molecule has 0 spiro atoms. The first-order valence-electron chi connectivity index (χ1n) is 7.80. The first-order valence-corrected chi connectivity index (χ1v) is 7.80. The van der Waals surface area contributed by atoms with E-state index in [1.165, 1.54) is 16.5 Å². The van der Waals surface area contributed by atoms with Crippen molar-refractivity contribution >= 4 is 5.97 Å². The highest BCUT2D eigenvalue weighted by Crippen LogP contribution is 2.28. The van der Waals surface area contributed by atoms with Crippen LogP contribution in [0.4, 0.5) is 0 Å². The van der Waals surface area contributed by atoms with Crippen molar-refractivity contribution in [3.63, 3.8) is 0 Å². The normalized spacial score (nSPS) is 24.0. The summed E-state index contributed by atoms with van der Waals surface area (Å²) in [4.78, 5) is 38.1. The van der Waals surface area contributed by atoms with E-state index in [2.05, 4.69) is 0 Å². The van der Waals surface area contributed by atoms with Crippen molar-refractivity contribution < 1.29 is 9.53 Å². The average Bonchev–Trinajstić information content (AvgIpc) is 2.87. The number of para-hydroxylation sites is 1. The van der Waals surface area contributed by atoms with Gasteiger partial charge in [0.15, 0.2) is 0 Å². The van der Waals surface area contributed by atoms with Crippen LogP contribution in [0, 0.1) is 0 Å². The third kappa shape index (κ3) is 2.16. The molecule has 2 aliphatic heterocycles. The standard InChI is InChI=1S/C18H15N3O4/c1-25-16(22)14-9-5-8-13-10-11-15(14)21-18(24)19(17(23)20(13)21)12-6-3-2-4-7-12/h2-11,13,15H,1H3/b8-5-,14-9+. The SMILES string of the molecule is COC(=O)/C1=C/C=C\C2C=CC1n1c(=O)n(-c3ccccc3)c(=O)n12. The van der Waals surface area contributed by atoms with Crippen LogP contribution in [0.1, 0.15) is 12.1 Å². The van der Waals surface area contributed by atoms with Crippen LogP contribution < -0.4 is 11.4 Å². The van der Waals surface area contributed by atoms with E-state index in [1.54, 1.807) is 54.6 Å². The Balaban J connectivity index is 2.01. The van der Waals surface area contributed by atoms with Gasteiger partial charge in [0.2, 0.25) is 0 Å². The molecule has 1 aromatic heterocycles. The molecule has 5 rings (SSSR count). The van der Waals surface area contributed by atoms with Gasteiger partial charge in [-0.15, -0.1) is 0 Å². The maximum atomic E-state index is 13.0. The summed E-state index contributed by atoms with van der Waals surface area (Å²) >= 11 is 0. The lowest BCUT2D eigenvalue weighted by atomic mass is 10.0. The molecule has 1 aliphatic carbocycles. The lowest BCUT2D eigenvalue weighted by Crippen LogP contribution is -2.37. The van der Waals surface area contributed by atoms with Crippen LogP contribution in [0.3, 0.4) is 0 Å². The van der Waals surface area contributed by atoms with E-state index < -0.39 is 29.4 Å². The molecular weight excluding hydrogens is 322 g/mol. The molecule has 0 saturated heterocycles. The summed E-state index contributed by atoms with van der Waals surface area (Å²) in [5, 5.41) is 0. The Morgan fingerprint density at radius 1 is 1.00 bits per heavy atom. The number of allylic oxidation sites excluding steroid dienone is 5. The molecule has 7 heteroatoms. The van der Waals surface area contributed by atoms with Crippen LogP contribution in [0.5, 0.6) is 0 Å². The molecule has 3 aliphatic rings. The highest BCUT2D eigenvalue weighted by atomic mass is 16.5. The van der Waals surface area contributed by atoms with Gasteiger partial charge in [-0.05, 0) is 18.2 Å². The average molecular weight is 337 g/mol. The van der Waals surface area contributed by atoms with E-state index in [4.69, 9.17) is 4.74 Å². The van der Waals surface area contributed by atoms with Gasteiger partial charge in [0.1, 0.15) is 6.04 Å². The topological polar surface area (TPSA) is 75.2 Å². The zero-order chi connectivity index (χ0) is 17.6. The first-order chi connectivity index (χ1) is 12.1. The summed E-state index contributed by atoms with van der Waals surface area (Å²) < 4.78 is 8.62. The third-order valence-electron chi connectivity index (χ3n) is 4.38. The Bertz CT molecular complexity index is 1050. The van der Waals surface area contributed by atoms with E-state index in [1.807, 2.05) is 6.07 Å². The zero-order valence-corrected chi connectivity index (χ0v) is 13.4. The van der Waals surface area contributed by atoms with Crippen LogP contribution in [0.2, 0.25) is 0 Å². The second-order valence-electron chi connectivity index (χ2n) is 5.74. The van der Waals surface area contributed by atoms with Gasteiger partial charge in [0.25, 0.3) is 0 Å². The molecule has 126 valence electrons. The quantitative estimate of drug-likeness (QED) is 0.608. The minimum Gasteiger partial charge on any atom is -0.466 e. The van der Waals surface area contributed by atoms with E-state index >= 15 is 0 Å². The van der Waals surface area contributed by atoms with Crippen molar-refractivity contribution in [2.24, 2.45) is 0 Å². The van der Waals surface area contributed by atoms with Gasteiger partial charge < -0.3 is 4.74 Å². The monoisotopic (exact) mass is 337 g/mol. The van der Waals surface area contributed by atoms with Crippen LogP contribution in [0.15, 0.2) is 75.9 Å². The number of carbonyl (C=O) groups excluding carboxylic acids is 1. The van der Waals surface area contributed by atoms with Crippen molar-refractivity contribution in [1.29, 1.82) is 0 Å². The van der Waals surface area contributed by atoms with Crippen LogP contribution in [-0.4, -0.2) is 27.0 Å². The molecule has 0 amide bonds. The highest BCUT2D eigenvalue weighted by molar-refractivity contribution is 5.90. The molecule has 0 saturated carbocycles. The molecule has 1 aromatic carbocycles. The van der Waals surface area contributed by atoms with Crippen LogP contribution in [-0.2, 0) is 9.53 Å². The van der Waals surface area contributed by atoms with Crippen molar-refractivity contribution in [3.8, 4) is 5.69 Å².